The first kappa shape index (κ1) is 18.9. The summed E-state index contributed by atoms with van der Waals surface area (Å²) >= 11 is 0. The molecule has 0 aliphatic rings. The van der Waals surface area contributed by atoms with E-state index in [9.17, 15) is 14.4 Å². The number of carbonyl (C=O) groups is 2. The SMILES string of the molecule is CC(C(N)=O)n1ccc2c(NC(=O)Cc3cccc(C#N)c3)cccc2c1=O. The predicted octanol–water partition coefficient (Wildman–Crippen LogP) is 2.10. The average molecular weight is 374 g/mol. The molecule has 1 aromatic heterocycles. The normalized spacial score (nSPS) is 11.6. The Morgan fingerprint density at radius 2 is 1.93 bits per heavy atom. The van der Waals surface area contributed by atoms with Gasteiger partial charge in [0.15, 0.2) is 0 Å². The number of nitrogens with zero attached hydrogens (tertiary/aromatic N) is 2. The number of nitriles is 1. The number of rotatable bonds is 5. The summed E-state index contributed by atoms with van der Waals surface area (Å²) in [7, 11) is 0. The molecule has 3 N–H and O–H groups in total. The molecule has 0 saturated heterocycles. The molecule has 7 nitrogen and oxygen atoms in total. The van der Waals surface area contributed by atoms with Crippen LogP contribution in [0.1, 0.15) is 24.1 Å². The van der Waals surface area contributed by atoms with Crippen molar-refractivity contribution >= 4 is 28.3 Å². The molecule has 0 saturated carbocycles. The first-order valence-electron chi connectivity index (χ1n) is 8.63. The highest BCUT2D eigenvalue weighted by atomic mass is 16.2. The van der Waals surface area contributed by atoms with Crippen LogP contribution in [0, 0.1) is 11.3 Å². The quantitative estimate of drug-likeness (QED) is 0.711. The largest absolute Gasteiger partial charge is 0.368 e. The number of hydrogen-bond donors (Lipinski definition) is 2. The molecule has 0 aliphatic carbocycles. The Bertz CT molecular complexity index is 1170. The van der Waals surface area contributed by atoms with E-state index in [0.717, 1.165) is 5.56 Å². The molecule has 28 heavy (non-hydrogen) atoms. The van der Waals surface area contributed by atoms with Crippen LogP contribution in [0.3, 0.4) is 0 Å². The molecule has 0 spiro atoms. The Kier molecular flexibility index (Phi) is 5.23. The van der Waals surface area contributed by atoms with Gasteiger partial charge in [-0.3, -0.25) is 14.4 Å². The van der Waals surface area contributed by atoms with Crippen molar-refractivity contribution in [1.82, 2.24) is 4.57 Å². The van der Waals surface area contributed by atoms with Gasteiger partial charge < -0.3 is 15.6 Å². The molecule has 1 atom stereocenters. The second-order valence-electron chi connectivity index (χ2n) is 6.41. The summed E-state index contributed by atoms with van der Waals surface area (Å²) in [4.78, 5) is 36.5. The lowest BCUT2D eigenvalue weighted by molar-refractivity contribution is -0.120. The number of fused-ring (bicyclic) bond motifs is 1. The highest BCUT2D eigenvalue weighted by molar-refractivity contribution is 6.02. The van der Waals surface area contributed by atoms with Crippen molar-refractivity contribution in [1.29, 1.82) is 5.26 Å². The zero-order valence-corrected chi connectivity index (χ0v) is 15.2. The van der Waals surface area contributed by atoms with Crippen LogP contribution in [0.5, 0.6) is 0 Å². The Morgan fingerprint density at radius 1 is 1.18 bits per heavy atom. The van der Waals surface area contributed by atoms with E-state index >= 15 is 0 Å². The van der Waals surface area contributed by atoms with Crippen molar-refractivity contribution < 1.29 is 9.59 Å². The average Bonchev–Trinajstić information content (AvgIpc) is 2.68. The second kappa shape index (κ2) is 7.76. The van der Waals surface area contributed by atoms with E-state index in [-0.39, 0.29) is 17.9 Å². The van der Waals surface area contributed by atoms with Crippen molar-refractivity contribution in [3.05, 3.63) is 76.2 Å². The first-order chi connectivity index (χ1) is 13.4. The number of nitrogens with two attached hydrogens (primary N) is 1. The zero-order valence-electron chi connectivity index (χ0n) is 15.2. The van der Waals surface area contributed by atoms with Crippen LogP contribution in [-0.2, 0) is 16.0 Å². The van der Waals surface area contributed by atoms with E-state index < -0.39 is 11.9 Å². The fraction of sp³-hybridized carbons (Fsp3) is 0.143. The van der Waals surface area contributed by atoms with E-state index in [1.54, 1.807) is 55.5 Å². The third kappa shape index (κ3) is 3.76. The van der Waals surface area contributed by atoms with Crippen molar-refractivity contribution in [2.45, 2.75) is 19.4 Å². The van der Waals surface area contributed by atoms with Gasteiger partial charge in [-0.05, 0) is 42.8 Å². The lowest BCUT2D eigenvalue weighted by Gasteiger charge is -2.14. The third-order valence-corrected chi connectivity index (χ3v) is 4.50. The van der Waals surface area contributed by atoms with Gasteiger partial charge >= 0.3 is 0 Å². The fourth-order valence-corrected chi connectivity index (χ4v) is 2.97. The smallest absolute Gasteiger partial charge is 0.259 e. The summed E-state index contributed by atoms with van der Waals surface area (Å²) < 4.78 is 1.27. The molecule has 1 unspecified atom stereocenters. The summed E-state index contributed by atoms with van der Waals surface area (Å²) in [5, 5.41) is 12.7. The third-order valence-electron chi connectivity index (χ3n) is 4.50. The summed E-state index contributed by atoms with van der Waals surface area (Å²) in [5.74, 6) is -0.872. The van der Waals surface area contributed by atoms with E-state index in [2.05, 4.69) is 5.32 Å². The molecular weight excluding hydrogens is 356 g/mol. The van der Waals surface area contributed by atoms with Gasteiger partial charge in [-0.2, -0.15) is 5.26 Å². The molecule has 140 valence electrons. The number of nitrogens with one attached hydrogen (secondary N) is 1. The minimum Gasteiger partial charge on any atom is -0.368 e. The number of hydrogen-bond acceptors (Lipinski definition) is 4. The lowest BCUT2D eigenvalue weighted by Crippen LogP contribution is -2.31. The van der Waals surface area contributed by atoms with Crippen molar-refractivity contribution in [3.8, 4) is 6.07 Å². The Labute approximate surface area is 161 Å². The van der Waals surface area contributed by atoms with E-state index in [4.69, 9.17) is 11.0 Å². The van der Waals surface area contributed by atoms with Gasteiger partial charge in [0.1, 0.15) is 6.04 Å². The van der Waals surface area contributed by atoms with E-state index in [1.807, 2.05) is 6.07 Å². The number of pyridine rings is 1. The predicted molar refractivity (Wildman–Crippen MR) is 106 cm³/mol. The molecule has 3 rings (SSSR count). The number of primary amides is 1. The zero-order chi connectivity index (χ0) is 20.3. The molecule has 0 radical (unpaired) electrons. The summed E-state index contributed by atoms with van der Waals surface area (Å²) in [5.41, 5.74) is 6.63. The molecule has 0 bridgehead atoms. The van der Waals surface area contributed by atoms with Crippen molar-refractivity contribution in [3.63, 3.8) is 0 Å². The molecule has 0 aliphatic heterocycles. The van der Waals surface area contributed by atoms with Crippen LogP contribution in [0.25, 0.3) is 10.8 Å². The van der Waals surface area contributed by atoms with Gasteiger partial charge in [0.2, 0.25) is 11.8 Å². The highest BCUT2D eigenvalue weighted by Gasteiger charge is 2.15. The summed E-state index contributed by atoms with van der Waals surface area (Å²) in [6.45, 7) is 1.55. The first-order valence-corrected chi connectivity index (χ1v) is 8.63. The van der Waals surface area contributed by atoms with Crippen LogP contribution >= 0.6 is 0 Å². The fourth-order valence-electron chi connectivity index (χ4n) is 2.97. The number of aromatic nitrogens is 1. The van der Waals surface area contributed by atoms with Crippen LogP contribution in [-0.4, -0.2) is 16.4 Å². The van der Waals surface area contributed by atoms with Crippen molar-refractivity contribution in [2.24, 2.45) is 5.73 Å². The Morgan fingerprint density at radius 3 is 2.64 bits per heavy atom. The van der Waals surface area contributed by atoms with Crippen LogP contribution < -0.4 is 16.6 Å². The molecule has 2 amide bonds. The van der Waals surface area contributed by atoms with Gasteiger partial charge in [-0.1, -0.05) is 18.2 Å². The van der Waals surface area contributed by atoms with Gasteiger partial charge in [0.05, 0.1) is 18.1 Å². The number of amides is 2. The molecular formula is C21H18N4O3. The van der Waals surface area contributed by atoms with Gasteiger partial charge in [0, 0.05) is 22.7 Å². The molecule has 7 heteroatoms. The monoisotopic (exact) mass is 374 g/mol. The molecule has 0 fully saturated rings. The maximum Gasteiger partial charge on any atom is 0.259 e. The van der Waals surface area contributed by atoms with Crippen LogP contribution in [0.2, 0.25) is 0 Å². The molecule has 1 heterocycles. The number of carbonyl (C=O) groups excluding carboxylic acids is 2. The van der Waals surface area contributed by atoms with Crippen molar-refractivity contribution in [2.75, 3.05) is 5.32 Å². The number of benzene rings is 2. The summed E-state index contributed by atoms with van der Waals surface area (Å²) in [6.07, 6.45) is 1.59. The van der Waals surface area contributed by atoms with E-state index in [0.29, 0.717) is 22.0 Å². The maximum absolute atomic E-state index is 12.7. The molecule has 3 aromatic rings. The van der Waals surface area contributed by atoms with Crippen LogP contribution in [0.15, 0.2) is 59.5 Å². The lowest BCUT2D eigenvalue weighted by atomic mass is 10.1. The topological polar surface area (TPSA) is 118 Å². The highest BCUT2D eigenvalue weighted by Crippen LogP contribution is 2.22. The minimum absolute atomic E-state index is 0.0989. The second-order valence-corrected chi connectivity index (χ2v) is 6.41. The minimum atomic E-state index is -0.775. The Balaban J connectivity index is 1.90. The number of anilines is 1. The van der Waals surface area contributed by atoms with Gasteiger partial charge in [-0.25, -0.2) is 0 Å². The van der Waals surface area contributed by atoms with Crippen LogP contribution in [0.4, 0.5) is 5.69 Å². The summed E-state index contributed by atoms with van der Waals surface area (Å²) in [6, 6.07) is 14.8. The van der Waals surface area contributed by atoms with Gasteiger partial charge in [0.25, 0.3) is 5.56 Å². The maximum atomic E-state index is 12.7. The van der Waals surface area contributed by atoms with E-state index in [1.165, 1.54) is 10.8 Å². The molecule has 2 aromatic carbocycles. The standard InChI is InChI=1S/C21H18N4O3/c1-13(20(23)27)25-9-8-16-17(21(25)28)6-3-7-18(16)24-19(26)11-14-4-2-5-15(10-14)12-22/h2-10,13H,11H2,1H3,(H2,23,27)(H,24,26). The Hall–Kier alpha value is -3.92. The van der Waals surface area contributed by atoms with Gasteiger partial charge in [-0.15, -0.1) is 0 Å².